The Hall–Kier alpha value is -1.45. The molecule has 2 saturated heterocycles. The Morgan fingerprint density at radius 2 is 1.50 bits per heavy atom. The Bertz CT molecular complexity index is 691. The summed E-state index contributed by atoms with van der Waals surface area (Å²) in [6.07, 6.45) is 5.44. The van der Waals surface area contributed by atoms with Gasteiger partial charge in [0.1, 0.15) is 17.6 Å². The van der Waals surface area contributed by atoms with Crippen LogP contribution in [0.15, 0.2) is 36.4 Å². The van der Waals surface area contributed by atoms with E-state index < -0.39 is 0 Å². The molecule has 2 heterocycles. The van der Waals surface area contributed by atoms with E-state index >= 15 is 0 Å². The molecule has 0 saturated carbocycles. The fourth-order valence-electron chi connectivity index (χ4n) is 3.91. The molecule has 2 fully saturated rings. The highest BCUT2D eigenvalue weighted by Gasteiger charge is 2.34. The molecule has 2 aliphatic heterocycles. The summed E-state index contributed by atoms with van der Waals surface area (Å²) in [7, 11) is 0. The average molecular weight is 348 g/mol. The molecule has 130 valence electrons. The molecule has 4 heteroatoms. The van der Waals surface area contributed by atoms with Crippen LogP contribution in [-0.2, 0) is 0 Å². The second-order valence-corrected chi connectivity index (χ2v) is 7.19. The lowest BCUT2D eigenvalue weighted by Crippen LogP contribution is -2.42. The topological polar surface area (TPSA) is 30.5 Å². The second kappa shape index (κ2) is 7.20. The number of fused-ring (bicyclic) bond motifs is 3. The third-order valence-corrected chi connectivity index (χ3v) is 4.89. The van der Waals surface area contributed by atoms with Crippen molar-refractivity contribution in [3.63, 3.8) is 0 Å². The molecular formula is C20H26ClNO2. The minimum atomic E-state index is 0. The summed E-state index contributed by atoms with van der Waals surface area (Å²) in [5.41, 5.74) is 0. The molecule has 0 spiro atoms. The number of piperidine rings is 1. The van der Waals surface area contributed by atoms with Crippen molar-refractivity contribution in [1.29, 1.82) is 0 Å². The van der Waals surface area contributed by atoms with E-state index in [-0.39, 0.29) is 18.5 Å². The molecule has 2 aromatic carbocycles. The SMILES string of the molecule is CC(C)Oc1ccc2cc(O[C@@H]3C[C@H]4CC[C@@H](C3)N4)ccc2c1.Cl. The van der Waals surface area contributed by atoms with Gasteiger partial charge in [-0.2, -0.15) is 0 Å². The number of halogens is 1. The lowest BCUT2D eigenvalue weighted by molar-refractivity contribution is 0.137. The molecule has 2 aliphatic rings. The lowest BCUT2D eigenvalue weighted by Gasteiger charge is -2.29. The van der Waals surface area contributed by atoms with Gasteiger partial charge in [0, 0.05) is 12.1 Å². The number of benzene rings is 2. The van der Waals surface area contributed by atoms with Crippen LogP contribution in [0.4, 0.5) is 0 Å². The van der Waals surface area contributed by atoms with Crippen LogP contribution in [0.25, 0.3) is 10.8 Å². The van der Waals surface area contributed by atoms with Gasteiger partial charge in [-0.05, 0) is 74.6 Å². The highest BCUT2D eigenvalue weighted by molar-refractivity contribution is 5.85. The Morgan fingerprint density at radius 1 is 0.917 bits per heavy atom. The first-order valence-corrected chi connectivity index (χ1v) is 8.79. The highest BCUT2D eigenvalue weighted by atomic mass is 35.5. The minimum Gasteiger partial charge on any atom is -0.491 e. The third kappa shape index (κ3) is 3.79. The summed E-state index contributed by atoms with van der Waals surface area (Å²) in [5, 5.41) is 6.06. The maximum Gasteiger partial charge on any atom is 0.120 e. The zero-order valence-electron chi connectivity index (χ0n) is 14.3. The summed E-state index contributed by atoms with van der Waals surface area (Å²) < 4.78 is 12.0. The van der Waals surface area contributed by atoms with E-state index in [1.807, 2.05) is 19.9 Å². The normalized spacial score (nSPS) is 25.5. The van der Waals surface area contributed by atoms with Gasteiger partial charge in [-0.1, -0.05) is 12.1 Å². The third-order valence-electron chi connectivity index (χ3n) is 4.89. The summed E-state index contributed by atoms with van der Waals surface area (Å²) in [6.45, 7) is 4.10. The molecule has 2 bridgehead atoms. The molecular weight excluding hydrogens is 322 g/mol. The van der Waals surface area contributed by atoms with Crippen molar-refractivity contribution >= 4 is 23.2 Å². The van der Waals surface area contributed by atoms with Crippen LogP contribution in [0.3, 0.4) is 0 Å². The zero-order chi connectivity index (χ0) is 15.8. The molecule has 1 N–H and O–H groups in total. The van der Waals surface area contributed by atoms with Crippen LogP contribution in [0, 0.1) is 0 Å². The van der Waals surface area contributed by atoms with E-state index in [2.05, 4.69) is 35.6 Å². The Balaban J connectivity index is 0.00000169. The van der Waals surface area contributed by atoms with Gasteiger partial charge in [-0.25, -0.2) is 0 Å². The Labute approximate surface area is 150 Å². The Morgan fingerprint density at radius 3 is 2.12 bits per heavy atom. The standard InChI is InChI=1S/C20H25NO2.ClH/c1-13(2)22-18-7-3-15-10-19(8-4-14(15)9-18)23-20-11-16-5-6-17(12-20)21-16;/h3-4,7-10,13,16-17,20-21H,5-6,11-12H2,1-2H3;1H/t16-,17+,20-;. The van der Waals surface area contributed by atoms with Crippen LogP contribution in [0.1, 0.15) is 39.5 Å². The molecule has 0 unspecified atom stereocenters. The molecule has 0 radical (unpaired) electrons. The van der Waals surface area contributed by atoms with E-state index in [4.69, 9.17) is 9.47 Å². The maximum atomic E-state index is 6.27. The largest absolute Gasteiger partial charge is 0.491 e. The van der Waals surface area contributed by atoms with Crippen LogP contribution in [0.2, 0.25) is 0 Å². The van der Waals surface area contributed by atoms with E-state index in [0.29, 0.717) is 18.2 Å². The first-order chi connectivity index (χ1) is 11.2. The van der Waals surface area contributed by atoms with Crippen molar-refractivity contribution < 1.29 is 9.47 Å². The van der Waals surface area contributed by atoms with Crippen molar-refractivity contribution in [3.05, 3.63) is 36.4 Å². The van der Waals surface area contributed by atoms with E-state index in [9.17, 15) is 0 Å². The van der Waals surface area contributed by atoms with Crippen molar-refractivity contribution in [2.75, 3.05) is 0 Å². The van der Waals surface area contributed by atoms with E-state index in [1.165, 1.54) is 23.6 Å². The monoisotopic (exact) mass is 347 g/mol. The summed E-state index contributed by atoms with van der Waals surface area (Å²) in [4.78, 5) is 0. The van der Waals surface area contributed by atoms with Gasteiger partial charge in [0.2, 0.25) is 0 Å². The first kappa shape index (κ1) is 17.4. The summed E-state index contributed by atoms with van der Waals surface area (Å²) in [5.74, 6) is 1.91. The van der Waals surface area contributed by atoms with Crippen molar-refractivity contribution in [1.82, 2.24) is 5.32 Å². The molecule has 0 aromatic heterocycles. The van der Waals surface area contributed by atoms with Crippen LogP contribution >= 0.6 is 12.4 Å². The van der Waals surface area contributed by atoms with Crippen molar-refractivity contribution in [2.45, 2.75) is 63.8 Å². The van der Waals surface area contributed by atoms with Gasteiger partial charge in [0.15, 0.2) is 0 Å². The molecule has 24 heavy (non-hydrogen) atoms. The predicted molar refractivity (Wildman–Crippen MR) is 101 cm³/mol. The van der Waals surface area contributed by atoms with Crippen LogP contribution in [-0.4, -0.2) is 24.3 Å². The molecule has 3 atom stereocenters. The smallest absolute Gasteiger partial charge is 0.120 e. The fourth-order valence-corrected chi connectivity index (χ4v) is 3.91. The molecule has 2 aromatic rings. The number of hydrogen-bond donors (Lipinski definition) is 1. The van der Waals surface area contributed by atoms with Crippen LogP contribution < -0.4 is 14.8 Å². The Kier molecular flexibility index (Phi) is 5.21. The lowest BCUT2D eigenvalue weighted by atomic mass is 10.0. The van der Waals surface area contributed by atoms with Crippen LogP contribution in [0.5, 0.6) is 11.5 Å². The summed E-state index contributed by atoms with van der Waals surface area (Å²) in [6, 6.07) is 14.0. The second-order valence-electron chi connectivity index (χ2n) is 7.19. The number of hydrogen-bond acceptors (Lipinski definition) is 3. The molecule has 0 aliphatic carbocycles. The number of nitrogens with one attached hydrogen (secondary N) is 1. The van der Waals surface area contributed by atoms with Gasteiger partial charge >= 0.3 is 0 Å². The number of rotatable bonds is 4. The van der Waals surface area contributed by atoms with E-state index in [1.54, 1.807) is 0 Å². The summed E-state index contributed by atoms with van der Waals surface area (Å²) >= 11 is 0. The predicted octanol–water partition coefficient (Wildman–Crippen LogP) is 4.71. The zero-order valence-corrected chi connectivity index (χ0v) is 15.1. The first-order valence-electron chi connectivity index (χ1n) is 8.79. The fraction of sp³-hybridized carbons (Fsp3) is 0.500. The van der Waals surface area contributed by atoms with Gasteiger partial charge in [0.25, 0.3) is 0 Å². The number of ether oxygens (including phenoxy) is 2. The van der Waals surface area contributed by atoms with Gasteiger partial charge in [0.05, 0.1) is 6.10 Å². The van der Waals surface area contributed by atoms with Crippen molar-refractivity contribution in [3.8, 4) is 11.5 Å². The highest BCUT2D eigenvalue weighted by Crippen LogP contribution is 2.31. The van der Waals surface area contributed by atoms with Crippen molar-refractivity contribution in [2.24, 2.45) is 0 Å². The quantitative estimate of drug-likeness (QED) is 0.868. The van der Waals surface area contributed by atoms with Gasteiger partial charge in [-0.15, -0.1) is 12.4 Å². The maximum absolute atomic E-state index is 6.27. The minimum absolute atomic E-state index is 0. The van der Waals surface area contributed by atoms with Gasteiger partial charge < -0.3 is 14.8 Å². The average Bonchev–Trinajstić information content (AvgIpc) is 2.86. The molecule has 4 rings (SSSR count). The van der Waals surface area contributed by atoms with Gasteiger partial charge in [-0.3, -0.25) is 0 Å². The molecule has 0 amide bonds. The molecule has 3 nitrogen and oxygen atoms in total. The van der Waals surface area contributed by atoms with E-state index in [0.717, 1.165) is 24.3 Å².